The van der Waals surface area contributed by atoms with E-state index < -0.39 is 7.92 Å². The predicted octanol–water partition coefficient (Wildman–Crippen LogP) is 6.90. The molecule has 4 nitrogen and oxygen atoms in total. The third-order valence-corrected chi connectivity index (χ3v) is 10.6. The first-order chi connectivity index (χ1) is 15.0. The summed E-state index contributed by atoms with van der Waals surface area (Å²) in [6, 6.07) is 8.74. The third-order valence-electron chi connectivity index (χ3n) is 7.24. The zero-order valence-corrected chi connectivity index (χ0v) is 20.8. The standard InChI is InChI=1S/C26H40N3OP/c1-19(2)28(20(3)4)26(30)29-24-18-12-11-17-23(24)27-25(29)31(21-13-7-5-8-14-21)22-15-9-6-10-16-22/h11-12,17-22H,5-10,13-16H2,1-4H3. The second-order valence-electron chi connectivity index (χ2n) is 10.1. The first-order valence-corrected chi connectivity index (χ1v) is 14.1. The lowest BCUT2D eigenvalue weighted by atomic mass is 9.99. The number of fused-ring (bicyclic) bond motifs is 1. The van der Waals surface area contributed by atoms with Gasteiger partial charge in [-0.05, 0) is 84.8 Å². The van der Waals surface area contributed by atoms with Crippen LogP contribution in [-0.2, 0) is 0 Å². The Morgan fingerprint density at radius 2 is 1.42 bits per heavy atom. The molecule has 0 bridgehead atoms. The van der Waals surface area contributed by atoms with Crippen LogP contribution in [0, 0.1) is 0 Å². The Morgan fingerprint density at radius 1 is 0.903 bits per heavy atom. The summed E-state index contributed by atoms with van der Waals surface area (Å²) < 4.78 is 2.05. The average molecular weight is 442 g/mol. The summed E-state index contributed by atoms with van der Waals surface area (Å²) in [4.78, 5) is 21.3. The zero-order valence-electron chi connectivity index (χ0n) is 19.9. The van der Waals surface area contributed by atoms with Crippen molar-refractivity contribution >= 4 is 30.6 Å². The van der Waals surface area contributed by atoms with Crippen molar-refractivity contribution < 1.29 is 4.79 Å². The molecule has 0 spiro atoms. The maximum atomic E-state index is 14.1. The first kappa shape index (κ1) is 22.8. The van der Waals surface area contributed by atoms with E-state index in [0.29, 0.717) is 0 Å². The molecule has 2 fully saturated rings. The molecule has 1 aromatic carbocycles. The number of hydrogen-bond acceptors (Lipinski definition) is 2. The smallest absolute Gasteiger partial charge is 0.319 e. The molecule has 4 rings (SSSR count). The number of nitrogens with zero attached hydrogens (tertiary/aromatic N) is 3. The summed E-state index contributed by atoms with van der Waals surface area (Å²) in [6.07, 6.45) is 13.4. The van der Waals surface area contributed by atoms with Gasteiger partial charge in [0.15, 0.2) is 0 Å². The number of carbonyl (C=O) groups is 1. The van der Waals surface area contributed by atoms with Crippen LogP contribution in [0.25, 0.3) is 11.0 Å². The number of imidazole rings is 1. The van der Waals surface area contributed by atoms with Crippen molar-refractivity contribution in [3.05, 3.63) is 24.3 Å². The second kappa shape index (κ2) is 10.0. The Labute approximate surface area is 189 Å². The molecule has 1 heterocycles. The highest BCUT2D eigenvalue weighted by Gasteiger charge is 2.38. The van der Waals surface area contributed by atoms with Crippen molar-refractivity contribution in [1.82, 2.24) is 14.5 Å². The molecule has 31 heavy (non-hydrogen) atoms. The van der Waals surface area contributed by atoms with Gasteiger partial charge in [0, 0.05) is 12.1 Å². The number of amides is 1. The van der Waals surface area contributed by atoms with Crippen LogP contribution in [0.15, 0.2) is 24.3 Å². The lowest BCUT2D eigenvalue weighted by molar-refractivity contribution is 0.168. The van der Waals surface area contributed by atoms with Gasteiger partial charge >= 0.3 is 6.03 Å². The number of hydrogen-bond donors (Lipinski definition) is 0. The van der Waals surface area contributed by atoms with Crippen LogP contribution in [-0.4, -0.2) is 43.9 Å². The van der Waals surface area contributed by atoms with Gasteiger partial charge in [0.05, 0.1) is 11.0 Å². The molecule has 2 aliphatic carbocycles. The molecule has 2 saturated carbocycles. The van der Waals surface area contributed by atoms with E-state index in [1.165, 1.54) is 64.2 Å². The summed E-state index contributed by atoms with van der Waals surface area (Å²) in [5.74, 6) is 0. The molecule has 0 saturated heterocycles. The van der Waals surface area contributed by atoms with Gasteiger partial charge < -0.3 is 4.90 Å². The van der Waals surface area contributed by atoms with Crippen LogP contribution in [0.5, 0.6) is 0 Å². The predicted molar refractivity (Wildman–Crippen MR) is 133 cm³/mol. The normalized spacial score (nSPS) is 19.1. The van der Waals surface area contributed by atoms with Gasteiger partial charge in [0.25, 0.3) is 0 Å². The number of carbonyl (C=O) groups excluding carboxylic acids is 1. The molecule has 5 heteroatoms. The summed E-state index contributed by atoms with van der Waals surface area (Å²) >= 11 is 0. The zero-order chi connectivity index (χ0) is 22.0. The van der Waals surface area contributed by atoms with Crippen LogP contribution in [0.4, 0.5) is 4.79 Å². The highest BCUT2D eigenvalue weighted by molar-refractivity contribution is 7.66. The number of benzene rings is 1. The number of aromatic nitrogens is 2. The molecule has 2 aliphatic rings. The fourth-order valence-electron chi connectivity index (χ4n) is 5.87. The van der Waals surface area contributed by atoms with E-state index >= 15 is 0 Å². The molecule has 170 valence electrons. The molecule has 1 amide bonds. The highest BCUT2D eigenvalue weighted by atomic mass is 31.1. The number of rotatable bonds is 5. The van der Waals surface area contributed by atoms with Crippen LogP contribution >= 0.6 is 7.92 Å². The van der Waals surface area contributed by atoms with Crippen molar-refractivity contribution in [2.45, 2.75) is 115 Å². The van der Waals surface area contributed by atoms with Gasteiger partial charge in [-0.2, -0.15) is 0 Å². The van der Waals surface area contributed by atoms with E-state index in [1.807, 2.05) is 9.47 Å². The second-order valence-corrected chi connectivity index (χ2v) is 12.8. The lowest BCUT2D eigenvalue weighted by Gasteiger charge is -2.38. The average Bonchev–Trinajstić information content (AvgIpc) is 3.14. The monoisotopic (exact) mass is 441 g/mol. The fraction of sp³-hybridized carbons (Fsp3) is 0.692. The van der Waals surface area contributed by atoms with Crippen LogP contribution in [0.3, 0.4) is 0 Å². The molecule has 0 atom stereocenters. The Kier molecular flexibility index (Phi) is 7.37. The molecule has 0 N–H and O–H groups in total. The largest absolute Gasteiger partial charge is 0.330 e. The van der Waals surface area contributed by atoms with Gasteiger partial charge in [-0.3, -0.25) is 0 Å². The minimum atomic E-state index is -0.451. The minimum Gasteiger partial charge on any atom is -0.319 e. The SMILES string of the molecule is CC(C)N(C(=O)n1c(P(C2CCCCC2)C2CCCCC2)nc2ccccc21)C(C)C. The molecular formula is C26H40N3OP. The Hall–Kier alpha value is -1.41. The Bertz CT molecular complexity index is 852. The van der Waals surface area contributed by atoms with Crippen LogP contribution in [0.1, 0.15) is 91.9 Å². The molecular weight excluding hydrogens is 401 g/mol. The summed E-state index contributed by atoms with van der Waals surface area (Å²) in [5.41, 5.74) is 4.54. The summed E-state index contributed by atoms with van der Waals surface area (Å²) in [6.45, 7) is 8.51. The van der Waals surface area contributed by atoms with Crippen LogP contribution in [0.2, 0.25) is 0 Å². The summed E-state index contributed by atoms with van der Waals surface area (Å²) in [7, 11) is -0.451. The minimum absolute atomic E-state index is 0.118. The van der Waals surface area contributed by atoms with E-state index in [4.69, 9.17) is 4.98 Å². The fourth-order valence-corrected chi connectivity index (χ4v) is 9.61. The lowest BCUT2D eigenvalue weighted by Crippen LogP contribution is -2.47. The van der Waals surface area contributed by atoms with Crippen molar-refractivity contribution in [2.24, 2.45) is 0 Å². The van der Waals surface area contributed by atoms with Gasteiger partial charge in [0.2, 0.25) is 0 Å². The van der Waals surface area contributed by atoms with E-state index in [-0.39, 0.29) is 18.1 Å². The Morgan fingerprint density at radius 3 is 1.94 bits per heavy atom. The van der Waals surface area contributed by atoms with Gasteiger partial charge in [-0.1, -0.05) is 50.7 Å². The van der Waals surface area contributed by atoms with Crippen molar-refractivity contribution in [3.63, 3.8) is 0 Å². The molecule has 0 unspecified atom stereocenters. The topological polar surface area (TPSA) is 38.1 Å². The van der Waals surface area contributed by atoms with Crippen molar-refractivity contribution in [3.8, 4) is 0 Å². The molecule has 1 aromatic heterocycles. The van der Waals surface area contributed by atoms with Crippen molar-refractivity contribution in [1.29, 1.82) is 0 Å². The third kappa shape index (κ3) is 4.70. The van der Waals surface area contributed by atoms with E-state index in [9.17, 15) is 4.79 Å². The molecule has 0 aliphatic heterocycles. The number of para-hydroxylation sites is 2. The Balaban J connectivity index is 1.85. The van der Waals surface area contributed by atoms with E-state index in [1.54, 1.807) is 0 Å². The van der Waals surface area contributed by atoms with Crippen molar-refractivity contribution in [2.75, 3.05) is 0 Å². The first-order valence-electron chi connectivity index (χ1n) is 12.6. The van der Waals surface area contributed by atoms with Gasteiger partial charge in [0.1, 0.15) is 5.57 Å². The quantitative estimate of drug-likeness (QED) is 0.474. The van der Waals surface area contributed by atoms with E-state index in [2.05, 4.69) is 52.0 Å². The van der Waals surface area contributed by atoms with Crippen LogP contribution < -0.4 is 5.57 Å². The molecule has 2 aromatic rings. The van der Waals surface area contributed by atoms with Gasteiger partial charge in [-0.15, -0.1) is 0 Å². The summed E-state index contributed by atoms with van der Waals surface area (Å²) in [5, 5.41) is 0. The van der Waals surface area contributed by atoms with E-state index in [0.717, 1.165) is 27.9 Å². The molecule has 0 radical (unpaired) electrons. The maximum Gasteiger partial charge on any atom is 0.330 e. The maximum absolute atomic E-state index is 14.1. The highest BCUT2D eigenvalue weighted by Crippen LogP contribution is 2.55. The van der Waals surface area contributed by atoms with Gasteiger partial charge in [-0.25, -0.2) is 14.3 Å².